The lowest BCUT2D eigenvalue weighted by molar-refractivity contribution is -0.120. The number of urea groups is 1. The van der Waals surface area contributed by atoms with Crippen molar-refractivity contribution < 1.29 is 22.7 Å². The lowest BCUT2D eigenvalue weighted by Gasteiger charge is -2.27. The quantitative estimate of drug-likeness (QED) is 0.183. The zero-order chi connectivity index (χ0) is 31.3. The van der Waals surface area contributed by atoms with Crippen LogP contribution in [0.3, 0.4) is 0 Å². The minimum atomic E-state index is -4.28. The lowest BCUT2D eigenvalue weighted by Crippen LogP contribution is -2.53. The number of methoxy groups -OCH3 is 1. The molecule has 8 nitrogen and oxygen atoms in total. The SMILES string of the molecule is CCN(C(=O)C(Cc1ccccc1)NC(=O)NS(=O)(=O)c1cccc(-c2csc3ccccc23)c1C)c1ccc(OC)cc1. The topological polar surface area (TPSA) is 105 Å². The van der Waals surface area contributed by atoms with Crippen molar-refractivity contribution in [3.8, 4) is 16.9 Å². The van der Waals surface area contributed by atoms with E-state index in [1.807, 2.05) is 73.0 Å². The number of sulfonamides is 1. The summed E-state index contributed by atoms with van der Waals surface area (Å²) < 4.78 is 35.6. The predicted molar refractivity (Wildman–Crippen MR) is 176 cm³/mol. The average Bonchev–Trinajstić information content (AvgIpc) is 3.45. The fourth-order valence-electron chi connectivity index (χ4n) is 5.21. The highest BCUT2D eigenvalue weighted by Gasteiger charge is 2.29. The maximum atomic E-state index is 13.8. The molecule has 1 unspecified atom stereocenters. The minimum absolute atomic E-state index is 0.0141. The normalized spacial score (nSPS) is 12.0. The zero-order valence-electron chi connectivity index (χ0n) is 24.6. The molecule has 0 radical (unpaired) electrons. The van der Waals surface area contributed by atoms with Crippen molar-refractivity contribution in [2.45, 2.75) is 31.2 Å². The van der Waals surface area contributed by atoms with Crippen LogP contribution in [0.2, 0.25) is 0 Å². The molecule has 0 saturated carbocycles. The molecule has 1 heterocycles. The highest BCUT2D eigenvalue weighted by atomic mass is 32.2. The van der Waals surface area contributed by atoms with Crippen molar-refractivity contribution in [3.05, 3.63) is 114 Å². The van der Waals surface area contributed by atoms with Crippen LogP contribution in [0.1, 0.15) is 18.1 Å². The smallest absolute Gasteiger partial charge is 0.329 e. The molecule has 1 atom stereocenters. The van der Waals surface area contributed by atoms with Gasteiger partial charge in [0.25, 0.3) is 10.0 Å². The number of nitrogens with one attached hydrogen (secondary N) is 2. The first-order chi connectivity index (χ1) is 21.2. The molecule has 3 amide bonds. The fourth-order valence-corrected chi connectivity index (χ4v) is 7.36. The van der Waals surface area contributed by atoms with Gasteiger partial charge < -0.3 is 15.0 Å². The first-order valence-corrected chi connectivity index (χ1v) is 16.5. The van der Waals surface area contributed by atoms with Crippen LogP contribution in [-0.4, -0.2) is 40.1 Å². The Morgan fingerprint density at radius 1 is 0.886 bits per heavy atom. The van der Waals surface area contributed by atoms with E-state index >= 15 is 0 Å². The third-order valence-corrected chi connectivity index (χ3v) is 9.86. The van der Waals surface area contributed by atoms with Crippen LogP contribution < -0.4 is 19.7 Å². The van der Waals surface area contributed by atoms with Gasteiger partial charge in [-0.2, -0.15) is 0 Å². The van der Waals surface area contributed by atoms with Gasteiger partial charge in [0, 0.05) is 34.3 Å². The highest BCUT2D eigenvalue weighted by molar-refractivity contribution is 7.90. The van der Waals surface area contributed by atoms with Crippen LogP contribution in [0.5, 0.6) is 5.75 Å². The third-order valence-electron chi connectivity index (χ3n) is 7.42. The van der Waals surface area contributed by atoms with E-state index in [1.165, 1.54) is 6.07 Å². The zero-order valence-corrected chi connectivity index (χ0v) is 26.2. The van der Waals surface area contributed by atoms with E-state index in [-0.39, 0.29) is 17.2 Å². The van der Waals surface area contributed by atoms with Gasteiger partial charge in [-0.25, -0.2) is 17.9 Å². The molecule has 0 spiro atoms. The number of thiophene rings is 1. The molecule has 226 valence electrons. The van der Waals surface area contributed by atoms with Gasteiger partial charge in [-0.1, -0.05) is 60.7 Å². The Labute approximate surface area is 261 Å². The molecule has 0 fully saturated rings. The first kappa shape index (κ1) is 30.8. The van der Waals surface area contributed by atoms with Crippen LogP contribution in [-0.2, 0) is 21.2 Å². The monoisotopic (exact) mass is 627 g/mol. The number of carbonyl (C=O) groups is 2. The number of fused-ring (bicyclic) bond motifs is 1. The Morgan fingerprint density at radius 2 is 1.59 bits per heavy atom. The van der Waals surface area contributed by atoms with Crippen molar-refractivity contribution in [1.29, 1.82) is 0 Å². The summed E-state index contributed by atoms with van der Waals surface area (Å²) in [6.45, 7) is 3.89. The van der Waals surface area contributed by atoms with Crippen molar-refractivity contribution in [1.82, 2.24) is 10.0 Å². The average molecular weight is 628 g/mol. The molecule has 0 aliphatic heterocycles. The van der Waals surface area contributed by atoms with Crippen LogP contribution in [0, 0.1) is 6.92 Å². The Hall–Kier alpha value is -4.67. The number of carbonyl (C=O) groups excluding carboxylic acids is 2. The van der Waals surface area contributed by atoms with Crippen molar-refractivity contribution in [3.63, 3.8) is 0 Å². The molecule has 1 aromatic heterocycles. The minimum Gasteiger partial charge on any atom is -0.497 e. The summed E-state index contributed by atoms with van der Waals surface area (Å²) >= 11 is 1.58. The molecule has 2 N–H and O–H groups in total. The number of rotatable bonds is 10. The van der Waals surface area contributed by atoms with Gasteiger partial charge in [0.1, 0.15) is 11.8 Å². The standard InChI is InChI=1S/C34H33N3O5S2/c1-4-37(25-17-19-26(42-3)20-18-25)33(38)30(21-24-11-6-5-7-12-24)35-34(39)36-44(40,41)32-16-10-14-27(23(32)2)29-22-43-31-15-9-8-13-28(29)31/h5-20,22,30H,4,21H2,1-3H3,(H2,35,36,39). The molecule has 44 heavy (non-hydrogen) atoms. The maximum Gasteiger partial charge on any atom is 0.329 e. The van der Waals surface area contributed by atoms with Gasteiger partial charge in [0.2, 0.25) is 5.91 Å². The van der Waals surface area contributed by atoms with Gasteiger partial charge in [-0.15, -0.1) is 11.3 Å². The molecule has 4 aromatic carbocycles. The summed E-state index contributed by atoms with van der Waals surface area (Å²) in [6.07, 6.45) is 0.166. The van der Waals surface area contributed by atoms with E-state index in [0.717, 1.165) is 26.8 Å². The van der Waals surface area contributed by atoms with Gasteiger partial charge in [0.05, 0.1) is 12.0 Å². The summed E-state index contributed by atoms with van der Waals surface area (Å²) in [7, 11) is -2.72. The fraction of sp³-hybridized carbons (Fsp3) is 0.176. The number of nitrogens with zero attached hydrogens (tertiary/aromatic N) is 1. The van der Waals surface area contributed by atoms with E-state index in [1.54, 1.807) is 60.6 Å². The number of benzene rings is 4. The van der Waals surface area contributed by atoms with Gasteiger partial charge in [-0.05, 0) is 72.3 Å². The first-order valence-electron chi connectivity index (χ1n) is 14.1. The summed E-state index contributed by atoms with van der Waals surface area (Å²) in [5.41, 5.74) is 3.65. The molecule has 0 aliphatic rings. The second-order valence-electron chi connectivity index (χ2n) is 10.2. The van der Waals surface area contributed by atoms with Crippen LogP contribution in [0.25, 0.3) is 21.2 Å². The van der Waals surface area contributed by atoms with Gasteiger partial charge >= 0.3 is 6.03 Å². The molecular formula is C34H33N3O5S2. The van der Waals surface area contributed by atoms with E-state index < -0.39 is 22.1 Å². The number of hydrogen-bond donors (Lipinski definition) is 2. The Kier molecular flexibility index (Phi) is 9.32. The molecule has 0 saturated heterocycles. The highest BCUT2D eigenvalue weighted by Crippen LogP contribution is 2.37. The third kappa shape index (κ3) is 6.61. The molecule has 5 aromatic rings. The molecular weight excluding hydrogens is 595 g/mol. The van der Waals surface area contributed by atoms with Crippen molar-refractivity contribution in [2.24, 2.45) is 0 Å². The van der Waals surface area contributed by atoms with Crippen molar-refractivity contribution >= 4 is 49.1 Å². The van der Waals surface area contributed by atoms with Gasteiger partial charge in [-0.3, -0.25) is 4.79 Å². The largest absolute Gasteiger partial charge is 0.497 e. The van der Waals surface area contributed by atoms with Crippen LogP contribution in [0.4, 0.5) is 10.5 Å². The van der Waals surface area contributed by atoms with E-state index in [9.17, 15) is 18.0 Å². The van der Waals surface area contributed by atoms with Crippen LogP contribution in [0.15, 0.2) is 107 Å². The second-order valence-corrected chi connectivity index (χ2v) is 12.7. The van der Waals surface area contributed by atoms with Gasteiger partial charge in [0.15, 0.2) is 0 Å². The van der Waals surface area contributed by atoms with E-state index in [2.05, 4.69) is 10.0 Å². The molecule has 5 rings (SSSR count). The Morgan fingerprint density at radius 3 is 2.30 bits per heavy atom. The Balaban J connectivity index is 1.40. The van der Waals surface area contributed by atoms with Crippen LogP contribution >= 0.6 is 11.3 Å². The number of anilines is 1. The van der Waals surface area contributed by atoms with Crippen molar-refractivity contribution in [2.75, 3.05) is 18.6 Å². The summed E-state index contributed by atoms with van der Waals surface area (Å²) in [5, 5.41) is 5.67. The Bertz CT molecular complexity index is 1890. The summed E-state index contributed by atoms with van der Waals surface area (Å²) in [4.78, 5) is 28.7. The lowest BCUT2D eigenvalue weighted by atomic mass is 10.0. The maximum absolute atomic E-state index is 13.8. The summed E-state index contributed by atoms with van der Waals surface area (Å²) in [6, 6.07) is 27.2. The summed E-state index contributed by atoms with van der Waals surface area (Å²) in [5.74, 6) is 0.268. The number of amides is 3. The number of likely N-dealkylation sites (N-methyl/N-ethyl adjacent to an activating group) is 1. The van der Waals surface area contributed by atoms with E-state index in [0.29, 0.717) is 23.5 Å². The number of ether oxygens (including phenoxy) is 1. The number of hydrogen-bond acceptors (Lipinski definition) is 6. The molecule has 10 heteroatoms. The molecule has 0 aliphatic carbocycles. The molecule has 0 bridgehead atoms. The van der Waals surface area contributed by atoms with E-state index in [4.69, 9.17) is 4.74 Å². The second kappa shape index (κ2) is 13.3. The predicted octanol–water partition coefficient (Wildman–Crippen LogP) is 6.54.